The van der Waals surface area contributed by atoms with Gasteiger partial charge in [-0.3, -0.25) is 4.57 Å². The summed E-state index contributed by atoms with van der Waals surface area (Å²) >= 11 is 0. The van der Waals surface area contributed by atoms with Crippen LogP contribution in [0, 0.1) is 6.92 Å². The topological polar surface area (TPSA) is 46.5 Å². The number of hydrogen-bond acceptors (Lipinski definition) is 2. The Labute approximate surface area is 265 Å². The zero-order valence-corrected chi connectivity index (χ0v) is 27.2. The Morgan fingerprint density at radius 3 is 2.02 bits per heavy atom. The number of aromatic nitrogens is 4. The second-order valence-electron chi connectivity index (χ2n) is 14.2. The number of aryl methyl sites for hydroxylation is 1. The molecule has 224 valence electrons. The molecule has 4 aromatic carbocycles. The summed E-state index contributed by atoms with van der Waals surface area (Å²) in [5.41, 5.74) is 13.1. The van der Waals surface area contributed by atoms with E-state index in [-0.39, 0.29) is 10.8 Å². The van der Waals surface area contributed by atoms with Gasteiger partial charge in [0.15, 0.2) is 0 Å². The number of benzene rings is 4. The molecule has 0 saturated heterocycles. The number of imidazole rings is 1. The van der Waals surface area contributed by atoms with Crippen molar-refractivity contribution in [3.8, 4) is 39.6 Å². The molecular weight excluding hydrogens is 548 g/mol. The van der Waals surface area contributed by atoms with Crippen molar-refractivity contribution in [3.63, 3.8) is 0 Å². The molecule has 0 fully saturated rings. The fraction of sp³-hybridized carbons (Fsp3) is 0.220. The lowest BCUT2D eigenvalue weighted by Crippen LogP contribution is -2.12. The van der Waals surface area contributed by atoms with Gasteiger partial charge in [0.05, 0.1) is 22.2 Å². The van der Waals surface area contributed by atoms with Gasteiger partial charge >= 0.3 is 0 Å². The Balaban J connectivity index is 1.47. The molecule has 0 radical (unpaired) electrons. The third kappa shape index (κ3) is 5.35. The Morgan fingerprint density at radius 2 is 1.31 bits per heavy atom. The SMILES string of the molecule is Cc1ccc(-c2cc(C(C)(C)C)cc3ccc(-c4cc(-c5nc6ccccc6n5-c5ccccc5)cc(C(C)(C)C)c4)nc23)[nH]1. The van der Waals surface area contributed by atoms with E-state index < -0.39 is 0 Å². The standard InChI is InChI=1S/C41H40N4/c1-26-17-19-35(42-26)33-25-31(41(5,6)7)22-27-18-20-34(43-38(27)33)28-21-29(24-30(23-28)40(2,3)4)39-44-36-15-11-12-16-37(36)45(39)32-13-9-8-10-14-32/h8-25,42H,1-7H3. The molecule has 0 aliphatic heterocycles. The smallest absolute Gasteiger partial charge is 0.145 e. The number of aromatic amines is 1. The second-order valence-corrected chi connectivity index (χ2v) is 14.2. The largest absolute Gasteiger partial charge is 0.359 e. The predicted octanol–water partition coefficient (Wildman–Crippen LogP) is 10.8. The third-order valence-electron chi connectivity index (χ3n) is 8.71. The van der Waals surface area contributed by atoms with Crippen molar-refractivity contribution in [2.75, 3.05) is 0 Å². The van der Waals surface area contributed by atoms with Gasteiger partial charge < -0.3 is 4.98 Å². The lowest BCUT2D eigenvalue weighted by Gasteiger charge is -2.22. The van der Waals surface area contributed by atoms with Crippen LogP contribution in [0.4, 0.5) is 0 Å². The van der Waals surface area contributed by atoms with Gasteiger partial charge in [0.1, 0.15) is 5.82 Å². The van der Waals surface area contributed by atoms with Crippen molar-refractivity contribution in [2.45, 2.75) is 59.3 Å². The molecule has 4 heteroatoms. The van der Waals surface area contributed by atoms with E-state index in [1.54, 1.807) is 0 Å². The fourth-order valence-electron chi connectivity index (χ4n) is 6.09. The number of pyridine rings is 1. The molecule has 0 saturated carbocycles. The van der Waals surface area contributed by atoms with E-state index in [1.807, 2.05) is 0 Å². The van der Waals surface area contributed by atoms with E-state index >= 15 is 0 Å². The highest BCUT2D eigenvalue weighted by molar-refractivity contribution is 5.95. The summed E-state index contributed by atoms with van der Waals surface area (Å²) in [5.74, 6) is 0.924. The maximum absolute atomic E-state index is 5.39. The number of hydrogen-bond donors (Lipinski definition) is 1. The zero-order valence-electron chi connectivity index (χ0n) is 27.2. The van der Waals surface area contributed by atoms with E-state index in [9.17, 15) is 0 Å². The van der Waals surface area contributed by atoms with Crippen LogP contribution in [0.1, 0.15) is 58.4 Å². The van der Waals surface area contributed by atoms with Gasteiger partial charge in [-0.1, -0.05) is 77.9 Å². The maximum atomic E-state index is 5.39. The van der Waals surface area contributed by atoms with Gasteiger partial charge in [-0.2, -0.15) is 0 Å². The molecule has 1 N–H and O–H groups in total. The molecule has 45 heavy (non-hydrogen) atoms. The molecule has 0 amide bonds. The monoisotopic (exact) mass is 588 g/mol. The summed E-state index contributed by atoms with van der Waals surface area (Å²) in [4.78, 5) is 14.1. The molecule has 0 aliphatic rings. The van der Waals surface area contributed by atoms with Crippen molar-refractivity contribution >= 4 is 21.9 Å². The molecule has 0 spiro atoms. The summed E-state index contributed by atoms with van der Waals surface area (Å²) in [6, 6.07) is 39.0. The van der Waals surface area contributed by atoms with Gasteiger partial charge in [0.2, 0.25) is 0 Å². The molecule has 7 aromatic rings. The van der Waals surface area contributed by atoms with E-state index in [0.717, 1.165) is 67.2 Å². The van der Waals surface area contributed by atoms with Crippen LogP contribution in [-0.2, 0) is 10.8 Å². The second kappa shape index (κ2) is 10.6. The van der Waals surface area contributed by atoms with Crippen LogP contribution in [-0.4, -0.2) is 19.5 Å². The fourth-order valence-corrected chi connectivity index (χ4v) is 6.09. The first-order valence-corrected chi connectivity index (χ1v) is 15.8. The number of H-pyrrole nitrogens is 1. The van der Waals surface area contributed by atoms with E-state index in [4.69, 9.17) is 9.97 Å². The van der Waals surface area contributed by atoms with Crippen LogP contribution in [0.15, 0.2) is 109 Å². The summed E-state index contributed by atoms with van der Waals surface area (Å²) in [6.07, 6.45) is 0. The minimum Gasteiger partial charge on any atom is -0.359 e. The van der Waals surface area contributed by atoms with Gasteiger partial charge in [-0.25, -0.2) is 9.97 Å². The normalized spacial score (nSPS) is 12.3. The first-order chi connectivity index (χ1) is 21.5. The van der Waals surface area contributed by atoms with Crippen LogP contribution in [0.5, 0.6) is 0 Å². The maximum Gasteiger partial charge on any atom is 0.145 e. The molecule has 0 unspecified atom stereocenters. The van der Waals surface area contributed by atoms with E-state index in [2.05, 4.69) is 167 Å². The molecule has 0 atom stereocenters. The number of nitrogens with zero attached hydrogens (tertiary/aromatic N) is 3. The minimum atomic E-state index is -0.0697. The van der Waals surface area contributed by atoms with Gasteiger partial charge in [-0.15, -0.1) is 0 Å². The molecule has 4 nitrogen and oxygen atoms in total. The van der Waals surface area contributed by atoms with Crippen LogP contribution >= 0.6 is 0 Å². The Bertz CT molecular complexity index is 2180. The first-order valence-electron chi connectivity index (χ1n) is 15.8. The molecule has 0 bridgehead atoms. The summed E-state index contributed by atoms with van der Waals surface area (Å²) in [7, 11) is 0. The number of nitrogens with one attached hydrogen (secondary N) is 1. The minimum absolute atomic E-state index is 0.0173. The Kier molecular flexibility index (Phi) is 6.77. The van der Waals surface area contributed by atoms with E-state index in [1.165, 1.54) is 11.1 Å². The average Bonchev–Trinajstić information content (AvgIpc) is 3.63. The molecule has 7 rings (SSSR count). The van der Waals surface area contributed by atoms with Gasteiger partial charge in [-0.05, 0) is 102 Å². The van der Waals surface area contributed by atoms with Crippen molar-refractivity contribution in [1.29, 1.82) is 0 Å². The Hall–Kier alpha value is -4.96. The highest BCUT2D eigenvalue weighted by Gasteiger charge is 2.22. The lowest BCUT2D eigenvalue weighted by atomic mass is 9.84. The predicted molar refractivity (Wildman–Crippen MR) is 189 cm³/mol. The van der Waals surface area contributed by atoms with Crippen molar-refractivity contribution in [3.05, 3.63) is 126 Å². The van der Waals surface area contributed by atoms with Crippen LogP contribution in [0.25, 0.3) is 61.5 Å². The molecular formula is C41H40N4. The lowest BCUT2D eigenvalue weighted by molar-refractivity contribution is 0.590. The Morgan fingerprint density at radius 1 is 0.622 bits per heavy atom. The molecule has 0 aliphatic carbocycles. The van der Waals surface area contributed by atoms with E-state index in [0.29, 0.717) is 0 Å². The van der Waals surface area contributed by atoms with Crippen LogP contribution < -0.4 is 0 Å². The number of rotatable bonds is 4. The molecule has 3 aromatic heterocycles. The van der Waals surface area contributed by atoms with Crippen LogP contribution in [0.2, 0.25) is 0 Å². The van der Waals surface area contributed by atoms with Crippen molar-refractivity contribution in [1.82, 2.24) is 19.5 Å². The average molecular weight is 589 g/mol. The van der Waals surface area contributed by atoms with Gasteiger partial charge in [0, 0.05) is 39.2 Å². The van der Waals surface area contributed by atoms with Crippen LogP contribution in [0.3, 0.4) is 0 Å². The summed E-state index contributed by atoms with van der Waals surface area (Å²) in [5, 5.41) is 1.14. The molecule has 3 heterocycles. The number of para-hydroxylation sites is 3. The van der Waals surface area contributed by atoms with Crippen molar-refractivity contribution in [2.24, 2.45) is 0 Å². The number of fused-ring (bicyclic) bond motifs is 2. The third-order valence-corrected chi connectivity index (χ3v) is 8.71. The summed E-state index contributed by atoms with van der Waals surface area (Å²) < 4.78 is 2.27. The first kappa shape index (κ1) is 28.8. The van der Waals surface area contributed by atoms with Gasteiger partial charge in [0.25, 0.3) is 0 Å². The zero-order chi connectivity index (χ0) is 31.5. The van der Waals surface area contributed by atoms with Crippen molar-refractivity contribution < 1.29 is 0 Å². The summed E-state index contributed by atoms with van der Waals surface area (Å²) in [6.45, 7) is 15.7. The highest BCUT2D eigenvalue weighted by Crippen LogP contribution is 2.38. The quantitative estimate of drug-likeness (QED) is 0.222. The highest BCUT2D eigenvalue weighted by atomic mass is 15.1.